The normalized spacial score (nSPS) is 10.3. The maximum atomic E-state index is 12.3. The summed E-state index contributed by atoms with van der Waals surface area (Å²) >= 11 is 0. The smallest absolute Gasteiger partial charge is 0.259 e. The molecule has 0 unspecified atom stereocenters. The van der Waals surface area contributed by atoms with Gasteiger partial charge in [0.05, 0.1) is 5.56 Å². The molecule has 0 spiro atoms. The van der Waals surface area contributed by atoms with Crippen LogP contribution in [0.5, 0.6) is 0 Å². The van der Waals surface area contributed by atoms with Crippen LogP contribution < -0.4 is 11.1 Å². The van der Waals surface area contributed by atoms with Crippen LogP contribution in [0.25, 0.3) is 0 Å². The van der Waals surface area contributed by atoms with Crippen molar-refractivity contribution in [3.63, 3.8) is 0 Å². The predicted octanol–water partition coefficient (Wildman–Crippen LogP) is 3.04. The highest BCUT2D eigenvalue weighted by Gasteiger charge is 2.14. The van der Waals surface area contributed by atoms with Gasteiger partial charge in [0.2, 0.25) is 0 Å². The van der Waals surface area contributed by atoms with E-state index in [-0.39, 0.29) is 11.7 Å². The van der Waals surface area contributed by atoms with Crippen LogP contribution in [-0.2, 0) is 12.8 Å². The van der Waals surface area contributed by atoms with Crippen LogP contribution in [0, 0.1) is 0 Å². The third-order valence-corrected chi connectivity index (χ3v) is 3.32. The molecular formula is C16H19N3O. The van der Waals surface area contributed by atoms with Gasteiger partial charge < -0.3 is 11.1 Å². The van der Waals surface area contributed by atoms with Gasteiger partial charge >= 0.3 is 0 Å². The molecule has 20 heavy (non-hydrogen) atoms. The summed E-state index contributed by atoms with van der Waals surface area (Å²) in [6, 6.07) is 9.46. The zero-order valence-electron chi connectivity index (χ0n) is 11.8. The van der Waals surface area contributed by atoms with E-state index in [0.717, 1.165) is 29.7 Å². The molecule has 0 aliphatic rings. The first kappa shape index (κ1) is 14.1. The number of nitrogens with one attached hydrogen (secondary N) is 1. The summed E-state index contributed by atoms with van der Waals surface area (Å²) in [5.41, 5.74) is 9.29. The number of nitrogens with two attached hydrogens (primary N) is 1. The fourth-order valence-corrected chi connectivity index (χ4v) is 2.19. The highest BCUT2D eigenvalue weighted by Crippen LogP contribution is 2.23. The number of pyridine rings is 1. The molecule has 0 saturated carbocycles. The van der Waals surface area contributed by atoms with Gasteiger partial charge in [-0.25, -0.2) is 4.98 Å². The highest BCUT2D eigenvalue weighted by molar-refractivity contribution is 6.07. The molecule has 1 amide bonds. The van der Waals surface area contributed by atoms with Crippen molar-refractivity contribution in [1.29, 1.82) is 0 Å². The predicted molar refractivity (Wildman–Crippen MR) is 81.8 cm³/mol. The van der Waals surface area contributed by atoms with Crippen LogP contribution in [0.15, 0.2) is 36.5 Å². The van der Waals surface area contributed by atoms with Crippen molar-refractivity contribution in [1.82, 2.24) is 4.98 Å². The maximum absolute atomic E-state index is 12.3. The SMILES string of the molecule is CCc1cccc(CC)c1NC(=O)c1cccnc1N. The monoisotopic (exact) mass is 269 g/mol. The van der Waals surface area contributed by atoms with Crippen LogP contribution >= 0.6 is 0 Å². The number of rotatable bonds is 4. The topological polar surface area (TPSA) is 68.0 Å². The van der Waals surface area contributed by atoms with Gasteiger partial charge in [-0.2, -0.15) is 0 Å². The van der Waals surface area contributed by atoms with Gasteiger partial charge in [-0.05, 0) is 36.1 Å². The molecule has 1 aromatic carbocycles. The van der Waals surface area contributed by atoms with Gasteiger partial charge in [-0.15, -0.1) is 0 Å². The molecule has 0 fully saturated rings. The molecule has 0 bridgehead atoms. The molecule has 104 valence electrons. The fourth-order valence-electron chi connectivity index (χ4n) is 2.19. The number of nitrogen functional groups attached to an aromatic ring is 1. The Balaban J connectivity index is 2.35. The van der Waals surface area contributed by atoms with Gasteiger partial charge in [0.1, 0.15) is 5.82 Å². The zero-order chi connectivity index (χ0) is 14.5. The molecule has 0 aliphatic carbocycles. The molecule has 0 aliphatic heterocycles. The third-order valence-electron chi connectivity index (χ3n) is 3.32. The standard InChI is InChI=1S/C16H19N3O/c1-3-11-7-5-8-12(4-2)14(11)19-16(20)13-9-6-10-18-15(13)17/h5-10H,3-4H2,1-2H3,(H2,17,18)(H,19,20). The van der Waals surface area contributed by atoms with E-state index in [1.165, 1.54) is 0 Å². The minimum absolute atomic E-state index is 0.216. The number of hydrogen-bond donors (Lipinski definition) is 2. The van der Waals surface area contributed by atoms with Gasteiger partial charge in [-0.1, -0.05) is 32.0 Å². The molecule has 2 aromatic rings. The number of nitrogens with zero attached hydrogens (tertiary/aromatic N) is 1. The van der Waals surface area contributed by atoms with Crippen LogP contribution in [0.3, 0.4) is 0 Å². The molecule has 0 saturated heterocycles. The van der Waals surface area contributed by atoms with E-state index in [0.29, 0.717) is 5.56 Å². The lowest BCUT2D eigenvalue weighted by atomic mass is 10.0. The van der Waals surface area contributed by atoms with E-state index in [4.69, 9.17) is 5.73 Å². The second-order valence-corrected chi connectivity index (χ2v) is 4.55. The molecule has 4 nitrogen and oxygen atoms in total. The van der Waals surface area contributed by atoms with Gasteiger partial charge in [0.25, 0.3) is 5.91 Å². The molecule has 2 rings (SSSR count). The number of carbonyl (C=O) groups excluding carboxylic acids is 1. The Bertz CT molecular complexity index is 601. The molecule has 0 atom stereocenters. The van der Waals surface area contributed by atoms with Crippen molar-refractivity contribution in [2.24, 2.45) is 0 Å². The van der Waals surface area contributed by atoms with Crippen molar-refractivity contribution in [2.45, 2.75) is 26.7 Å². The Morgan fingerprint density at radius 2 is 1.80 bits per heavy atom. The van der Waals surface area contributed by atoms with E-state index in [9.17, 15) is 4.79 Å². The quantitative estimate of drug-likeness (QED) is 0.896. The van der Waals surface area contributed by atoms with E-state index in [1.807, 2.05) is 18.2 Å². The molecular weight excluding hydrogens is 250 g/mol. The van der Waals surface area contributed by atoms with Gasteiger partial charge in [-0.3, -0.25) is 4.79 Å². The molecule has 0 radical (unpaired) electrons. The highest BCUT2D eigenvalue weighted by atomic mass is 16.1. The molecule has 1 aromatic heterocycles. The minimum atomic E-state index is -0.216. The Morgan fingerprint density at radius 1 is 1.15 bits per heavy atom. The summed E-state index contributed by atoms with van der Waals surface area (Å²) in [6.45, 7) is 4.14. The second-order valence-electron chi connectivity index (χ2n) is 4.55. The number of para-hydroxylation sites is 1. The number of aromatic nitrogens is 1. The number of hydrogen-bond acceptors (Lipinski definition) is 3. The Kier molecular flexibility index (Phi) is 4.35. The second kappa shape index (κ2) is 6.19. The summed E-state index contributed by atoms with van der Waals surface area (Å²) in [4.78, 5) is 16.3. The average Bonchev–Trinajstić information content (AvgIpc) is 2.47. The fraction of sp³-hybridized carbons (Fsp3) is 0.250. The van der Waals surface area contributed by atoms with Crippen LogP contribution in [0.2, 0.25) is 0 Å². The zero-order valence-corrected chi connectivity index (χ0v) is 11.8. The summed E-state index contributed by atoms with van der Waals surface area (Å²) < 4.78 is 0. The number of benzene rings is 1. The molecule has 4 heteroatoms. The van der Waals surface area contributed by atoms with Crippen LogP contribution in [0.1, 0.15) is 35.3 Å². The first-order valence-electron chi connectivity index (χ1n) is 6.80. The Morgan fingerprint density at radius 3 is 2.35 bits per heavy atom. The summed E-state index contributed by atoms with van der Waals surface area (Å²) in [6.07, 6.45) is 3.31. The number of carbonyl (C=O) groups is 1. The number of amides is 1. The van der Waals surface area contributed by atoms with Gasteiger partial charge in [0.15, 0.2) is 0 Å². The lowest BCUT2D eigenvalue weighted by molar-refractivity contribution is 0.102. The third kappa shape index (κ3) is 2.79. The van der Waals surface area contributed by atoms with Crippen molar-refractivity contribution < 1.29 is 4.79 Å². The lowest BCUT2D eigenvalue weighted by Gasteiger charge is -2.14. The van der Waals surface area contributed by atoms with Crippen molar-refractivity contribution >= 4 is 17.4 Å². The number of anilines is 2. The Labute approximate surface area is 119 Å². The first-order valence-corrected chi connectivity index (χ1v) is 6.80. The summed E-state index contributed by atoms with van der Waals surface area (Å²) in [5.74, 6) is 0.0308. The average molecular weight is 269 g/mol. The molecule has 1 heterocycles. The van der Waals surface area contributed by atoms with Crippen molar-refractivity contribution in [3.05, 3.63) is 53.2 Å². The van der Waals surface area contributed by atoms with E-state index in [2.05, 4.69) is 24.1 Å². The molecule has 3 N–H and O–H groups in total. The first-order chi connectivity index (χ1) is 9.67. The number of aryl methyl sites for hydroxylation is 2. The maximum Gasteiger partial charge on any atom is 0.259 e. The largest absolute Gasteiger partial charge is 0.383 e. The lowest BCUT2D eigenvalue weighted by Crippen LogP contribution is -2.17. The van der Waals surface area contributed by atoms with Crippen LogP contribution in [0.4, 0.5) is 11.5 Å². The summed E-state index contributed by atoms with van der Waals surface area (Å²) in [5, 5.41) is 2.98. The van der Waals surface area contributed by atoms with E-state index in [1.54, 1.807) is 18.3 Å². The van der Waals surface area contributed by atoms with E-state index < -0.39 is 0 Å². The minimum Gasteiger partial charge on any atom is -0.383 e. The Hall–Kier alpha value is -2.36. The van der Waals surface area contributed by atoms with Crippen molar-refractivity contribution in [2.75, 3.05) is 11.1 Å². The van der Waals surface area contributed by atoms with Crippen molar-refractivity contribution in [3.8, 4) is 0 Å². The van der Waals surface area contributed by atoms with Gasteiger partial charge in [0, 0.05) is 11.9 Å². The van der Waals surface area contributed by atoms with E-state index >= 15 is 0 Å². The summed E-state index contributed by atoms with van der Waals surface area (Å²) in [7, 11) is 0. The van der Waals surface area contributed by atoms with Crippen LogP contribution in [-0.4, -0.2) is 10.9 Å².